The molecule has 2 aliphatic heterocycles. The molecule has 0 aromatic heterocycles. The number of amides is 2. The SMILES string of the molecule is C[C@H]1CCCCO[C@H](CN(C)Cc2ccc3c(c2)OCO3)[C@@H](C)CN([C@@H](C)CO)C(=O)c2cc(NC(=O)Cc3ccccc3)ccc2O1. The van der Waals surface area contributed by atoms with Crippen LogP contribution >= 0.6 is 0 Å². The van der Waals surface area contributed by atoms with Crippen molar-refractivity contribution in [3.63, 3.8) is 0 Å². The van der Waals surface area contributed by atoms with Crippen LogP contribution in [-0.2, 0) is 22.5 Å². The minimum Gasteiger partial charge on any atom is -0.490 e. The molecule has 0 saturated heterocycles. The van der Waals surface area contributed by atoms with Gasteiger partial charge in [-0.2, -0.15) is 0 Å². The summed E-state index contributed by atoms with van der Waals surface area (Å²) in [7, 11) is 2.06. The molecular weight excluding hydrogens is 610 g/mol. The van der Waals surface area contributed by atoms with E-state index < -0.39 is 6.04 Å². The molecule has 5 rings (SSSR count). The molecule has 3 aromatic rings. The highest BCUT2D eigenvalue weighted by Gasteiger charge is 2.30. The summed E-state index contributed by atoms with van der Waals surface area (Å²) in [4.78, 5) is 31.2. The normalized spacial score (nSPS) is 20.8. The van der Waals surface area contributed by atoms with Crippen molar-refractivity contribution in [3.8, 4) is 17.2 Å². The number of likely N-dealkylation sites (N-methyl/N-ethyl adjacent to an activating group) is 1. The Balaban J connectivity index is 1.36. The molecule has 0 saturated carbocycles. The second kappa shape index (κ2) is 16.8. The maximum Gasteiger partial charge on any atom is 0.258 e. The minimum atomic E-state index is -0.457. The van der Waals surface area contributed by atoms with Gasteiger partial charge in [0.1, 0.15) is 5.75 Å². The minimum absolute atomic E-state index is 0.0536. The zero-order chi connectivity index (χ0) is 34.0. The van der Waals surface area contributed by atoms with Crippen LogP contribution in [0.2, 0.25) is 0 Å². The highest BCUT2D eigenvalue weighted by atomic mass is 16.7. The maximum atomic E-state index is 14.4. The third kappa shape index (κ3) is 9.49. The first-order chi connectivity index (χ1) is 23.2. The first-order valence-corrected chi connectivity index (χ1v) is 16.9. The fourth-order valence-corrected chi connectivity index (χ4v) is 6.17. The van der Waals surface area contributed by atoms with E-state index in [0.29, 0.717) is 43.2 Å². The number of fused-ring (bicyclic) bond motifs is 2. The molecule has 10 heteroatoms. The first kappa shape index (κ1) is 35.2. The number of nitrogens with one attached hydrogen (secondary N) is 1. The van der Waals surface area contributed by atoms with Gasteiger partial charge in [0.2, 0.25) is 12.7 Å². The molecule has 10 nitrogen and oxygen atoms in total. The van der Waals surface area contributed by atoms with Gasteiger partial charge < -0.3 is 34.3 Å². The third-order valence-electron chi connectivity index (χ3n) is 8.92. The maximum absolute atomic E-state index is 14.4. The van der Waals surface area contributed by atoms with Crippen LogP contribution in [0.15, 0.2) is 66.7 Å². The fourth-order valence-electron chi connectivity index (χ4n) is 6.17. The summed E-state index contributed by atoms with van der Waals surface area (Å²) in [6, 6.07) is 20.3. The Kier molecular flexibility index (Phi) is 12.3. The Morgan fingerprint density at radius 1 is 1.00 bits per heavy atom. The number of rotatable bonds is 9. The number of benzene rings is 3. The van der Waals surface area contributed by atoms with Gasteiger partial charge in [0, 0.05) is 37.8 Å². The molecule has 0 fully saturated rings. The molecule has 2 amide bonds. The molecule has 48 heavy (non-hydrogen) atoms. The molecule has 2 aliphatic rings. The quantitative estimate of drug-likeness (QED) is 0.309. The summed E-state index contributed by atoms with van der Waals surface area (Å²) < 4.78 is 23.9. The van der Waals surface area contributed by atoms with Gasteiger partial charge in [-0.1, -0.05) is 43.3 Å². The molecule has 0 spiro atoms. The Hall–Kier alpha value is -4.12. The van der Waals surface area contributed by atoms with Crippen molar-refractivity contribution >= 4 is 17.5 Å². The number of anilines is 1. The highest BCUT2D eigenvalue weighted by Crippen LogP contribution is 2.33. The zero-order valence-corrected chi connectivity index (χ0v) is 28.5. The van der Waals surface area contributed by atoms with Gasteiger partial charge in [0.25, 0.3) is 5.91 Å². The van der Waals surface area contributed by atoms with Crippen LogP contribution in [0.4, 0.5) is 5.69 Å². The molecular formula is C38H49N3O7. The number of hydrogen-bond acceptors (Lipinski definition) is 8. The van der Waals surface area contributed by atoms with Crippen molar-refractivity contribution in [3.05, 3.63) is 83.4 Å². The van der Waals surface area contributed by atoms with E-state index in [1.54, 1.807) is 23.1 Å². The summed E-state index contributed by atoms with van der Waals surface area (Å²) >= 11 is 0. The van der Waals surface area contributed by atoms with Crippen LogP contribution in [-0.4, -0.2) is 85.1 Å². The van der Waals surface area contributed by atoms with Gasteiger partial charge >= 0.3 is 0 Å². The van der Waals surface area contributed by atoms with Crippen LogP contribution in [0.3, 0.4) is 0 Å². The van der Waals surface area contributed by atoms with Gasteiger partial charge in [-0.15, -0.1) is 0 Å². The van der Waals surface area contributed by atoms with Gasteiger partial charge in [0.05, 0.1) is 36.8 Å². The van der Waals surface area contributed by atoms with E-state index in [1.807, 2.05) is 62.4 Å². The first-order valence-electron chi connectivity index (χ1n) is 16.9. The van der Waals surface area contributed by atoms with Crippen molar-refractivity contribution in [1.29, 1.82) is 0 Å². The van der Waals surface area contributed by atoms with Crippen molar-refractivity contribution in [2.45, 2.75) is 71.2 Å². The standard InChI is InChI=1S/C38H49N3O7/c1-26-21-41(27(2)24-42)38(44)32-20-31(39-37(43)19-29-11-6-5-7-12-29)14-16-33(32)48-28(3)10-8-9-17-45-36(26)23-40(4)22-30-13-15-34-35(18-30)47-25-46-34/h5-7,11-16,18,20,26-28,36,42H,8-10,17,19,21-25H2,1-4H3,(H,39,43)/t26-,27-,28-,36+/m0/s1. The number of hydrogen-bond donors (Lipinski definition) is 2. The van der Waals surface area contributed by atoms with Crippen LogP contribution in [0, 0.1) is 5.92 Å². The van der Waals surface area contributed by atoms with E-state index in [2.05, 4.69) is 24.2 Å². The number of ether oxygens (including phenoxy) is 4. The van der Waals surface area contributed by atoms with Gasteiger partial charge in [-0.25, -0.2) is 0 Å². The number of nitrogens with zero attached hydrogens (tertiary/aromatic N) is 2. The Labute approximate surface area is 283 Å². The largest absolute Gasteiger partial charge is 0.490 e. The van der Waals surface area contributed by atoms with E-state index in [4.69, 9.17) is 18.9 Å². The summed E-state index contributed by atoms with van der Waals surface area (Å²) in [6.07, 6.45) is 2.52. The smallest absolute Gasteiger partial charge is 0.258 e. The predicted octanol–water partition coefficient (Wildman–Crippen LogP) is 5.52. The van der Waals surface area contributed by atoms with E-state index in [1.165, 1.54) is 0 Å². The second-order valence-corrected chi connectivity index (χ2v) is 13.1. The molecule has 258 valence electrons. The molecule has 0 radical (unpaired) electrons. The highest BCUT2D eigenvalue weighted by molar-refractivity contribution is 6.00. The lowest BCUT2D eigenvalue weighted by atomic mass is 10.0. The van der Waals surface area contributed by atoms with Gasteiger partial charge in [-0.3, -0.25) is 14.5 Å². The second-order valence-electron chi connectivity index (χ2n) is 13.1. The summed E-state index contributed by atoms with van der Waals surface area (Å²) in [6.45, 7) is 8.28. The molecule has 2 heterocycles. The van der Waals surface area contributed by atoms with Crippen LogP contribution < -0.4 is 19.5 Å². The van der Waals surface area contributed by atoms with Crippen molar-refractivity contribution in [1.82, 2.24) is 9.80 Å². The Morgan fingerprint density at radius 3 is 2.56 bits per heavy atom. The number of aliphatic hydroxyl groups excluding tert-OH is 1. The van der Waals surface area contributed by atoms with E-state index in [-0.39, 0.29) is 49.8 Å². The number of carbonyl (C=O) groups is 2. The summed E-state index contributed by atoms with van der Waals surface area (Å²) in [5.41, 5.74) is 2.87. The monoisotopic (exact) mass is 659 g/mol. The lowest BCUT2D eigenvalue weighted by molar-refractivity contribution is -0.115. The van der Waals surface area contributed by atoms with Gasteiger partial charge in [0.15, 0.2) is 11.5 Å². The van der Waals surface area contributed by atoms with E-state index in [9.17, 15) is 14.7 Å². The lowest BCUT2D eigenvalue weighted by Gasteiger charge is -2.36. The molecule has 4 atom stereocenters. The van der Waals surface area contributed by atoms with E-state index >= 15 is 0 Å². The van der Waals surface area contributed by atoms with Crippen LogP contribution in [0.1, 0.15) is 61.5 Å². The Bertz CT molecular complexity index is 1520. The van der Waals surface area contributed by atoms with Crippen LogP contribution in [0.5, 0.6) is 17.2 Å². The Morgan fingerprint density at radius 2 is 1.77 bits per heavy atom. The average Bonchev–Trinajstić information content (AvgIpc) is 3.54. The van der Waals surface area contributed by atoms with Gasteiger partial charge in [-0.05, 0) is 81.6 Å². The molecule has 0 bridgehead atoms. The lowest BCUT2D eigenvalue weighted by Crippen LogP contribution is -2.47. The molecule has 0 aliphatic carbocycles. The third-order valence-corrected chi connectivity index (χ3v) is 8.92. The molecule has 3 aromatic carbocycles. The number of carbonyl (C=O) groups excluding carboxylic acids is 2. The van der Waals surface area contributed by atoms with Crippen molar-refractivity contribution in [2.75, 3.05) is 45.5 Å². The average molecular weight is 660 g/mol. The number of aliphatic hydroxyl groups is 1. The fraction of sp³-hybridized carbons (Fsp3) is 0.474. The topological polar surface area (TPSA) is 110 Å². The zero-order valence-electron chi connectivity index (χ0n) is 28.5. The van der Waals surface area contributed by atoms with Crippen LogP contribution in [0.25, 0.3) is 0 Å². The molecule has 0 unspecified atom stereocenters. The summed E-state index contributed by atoms with van der Waals surface area (Å²) in [5, 5.41) is 13.2. The summed E-state index contributed by atoms with van der Waals surface area (Å²) in [5.74, 6) is 1.48. The van der Waals surface area contributed by atoms with Crippen molar-refractivity contribution < 1.29 is 33.6 Å². The van der Waals surface area contributed by atoms with E-state index in [0.717, 1.165) is 41.9 Å². The van der Waals surface area contributed by atoms with Crippen molar-refractivity contribution in [2.24, 2.45) is 5.92 Å². The predicted molar refractivity (Wildman–Crippen MR) is 185 cm³/mol. The molecule has 2 N–H and O–H groups in total.